The second kappa shape index (κ2) is 6.80. The molecule has 0 saturated heterocycles. The molecule has 1 aliphatic rings. The number of hydrogen-bond acceptors (Lipinski definition) is 5. The molecule has 138 valence electrons. The monoisotopic (exact) mass is 428 g/mol. The third-order valence-electron chi connectivity index (χ3n) is 4.90. The number of H-pyrrole nitrogens is 1. The Hall–Kier alpha value is -2.69. The van der Waals surface area contributed by atoms with Crippen LogP contribution in [0.2, 0.25) is 0 Å². The fraction of sp³-hybridized carbons (Fsp3) is 0.250. The van der Waals surface area contributed by atoms with Gasteiger partial charge in [0.25, 0.3) is 0 Å². The van der Waals surface area contributed by atoms with Crippen molar-refractivity contribution in [2.45, 2.75) is 12.2 Å². The van der Waals surface area contributed by atoms with Crippen LogP contribution in [0.15, 0.2) is 41.0 Å². The number of halogens is 1. The largest absolute Gasteiger partial charge is 0.493 e. The number of methoxy groups -OCH3 is 2. The summed E-state index contributed by atoms with van der Waals surface area (Å²) in [6, 6.07) is 11.7. The molecular weight excluding hydrogens is 412 g/mol. The maximum Gasteiger partial charge on any atom is 0.214 e. The third kappa shape index (κ3) is 2.82. The summed E-state index contributed by atoms with van der Waals surface area (Å²) >= 11 is 3.51. The average molecular weight is 429 g/mol. The Morgan fingerprint density at radius 1 is 1.22 bits per heavy atom. The molecule has 3 atom stereocenters. The Morgan fingerprint density at radius 2 is 2.04 bits per heavy atom. The van der Waals surface area contributed by atoms with E-state index in [0.717, 1.165) is 22.0 Å². The van der Waals surface area contributed by atoms with Gasteiger partial charge in [0.15, 0.2) is 11.5 Å². The predicted octanol–water partition coefficient (Wildman–Crippen LogP) is 3.93. The minimum atomic E-state index is -1.23. The number of aromatic nitrogens is 1. The minimum Gasteiger partial charge on any atom is -0.493 e. The topological polar surface area (TPSA) is 87.5 Å². The first-order chi connectivity index (χ1) is 13.1. The summed E-state index contributed by atoms with van der Waals surface area (Å²) in [7, 11) is 3.13. The number of nitriles is 1. The second-order valence-corrected chi connectivity index (χ2v) is 7.19. The van der Waals surface area contributed by atoms with Gasteiger partial charge in [-0.15, -0.1) is 0 Å². The van der Waals surface area contributed by atoms with Gasteiger partial charge in [0.2, 0.25) is 6.29 Å². The lowest BCUT2D eigenvalue weighted by molar-refractivity contribution is -0.0611. The van der Waals surface area contributed by atoms with Crippen LogP contribution in [0.25, 0.3) is 10.9 Å². The van der Waals surface area contributed by atoms with Gasteiger partial charge in [-0.05, 0) is 51.8 Å². The Bertz CT molecular complexity index is 1060. The van der Waals surface area contributed by atoms with Gasteiger partial charge >= 0.3 is 0 Å². The van der Waals surface area contributed by atoms with Crippen LogP contribution in [-0.4, -0.2) is 30.6 Å². The standard InChI is InChI=1S/C20H17BrN2O4/c1-25-17-7-11(5-14(21)19(17)26-2)18-12-8-15-10(3-4-23-15)6-16(12)27-20(24)13(18)9-22/h3-8,13,18,20,23-24H,1-2H3. The molecule has 0 amide bonds. The molecule has 4 rings (SSSR count). The number of hydrogen-bond donors (Lipinski definition) is 2. The van der Waals surface area contributed by atoms with Crippen molar-refractivity contribution in [3.63, 3.8) is 0 Å². The van der Waals surface area contributed by atoms with Crippen molar-refractivity contribution in [3.05, 3.63) is 52.1 Å². The van der Waals surface area contributed by atoms with Gasteiger partial charge in [-0.2, -0.15) is 5.26 Å². The number of aromatic amines is 1. The highest BCUT2D eigenvalue weighted by Gasteiger charge is 2.39. The molecule has 3 aromatic rings. The molecule has 2 N–H and O–H groups in total. The van der Waals surface area contributed by atoms with Crippen LogP contribution < -0.4 is 14.2 Å². The lowest BCUT2D eigenvalue weighted by Gasteiger charge is -2.34. The quantitative estimate of drug-likeness (QED) is 0.659. The van der Waals surface area contributed by atoms with Crippen molar-refractivity contribution in [1.29, 1.82) is 5.26 Å². The summed E-state index contributed by atoms with van der Waals surface area (Å²) in [6.45, 7) is 0. The molecule has 0 bridgehead atoms. The minimum absolute atomic E-state index is 0.391. The van der Waals surface area contributed by atoms with E-state index < -0.39 is 18.1 Å². The summed E-state index contributed by atoms with van der Waals surface area (Å²) in [4.78, 5) is 3.18. The Balaban J connectivity index is 1.95. The van der Waals surface area contributed by atoms with Crippen LogP contribution in [-0.2, 0) is 0 Å². The van der Waals surface area contributed by atoms with Gasteiger partial charge in [0.05, 0.1) is 24.8 Å². The van der Waals surface area contributed by atoms with Gasteiger partial charge in [-0.25, -0.2) is 0 Å². The van der Waals surface area contributed by atoms with Crippen molar-refractivity contribution in [2.24, 2.45) is 5.92 Å². The number of rotatable bonds is 3. The van der Waals surface area contributed by atoms with Crippen LogP contribution in [0.3, 0.4) is 0 Å². The van der Waals surface area contributed by atoms with E-state index in [0.29, 0.717) is 21.7 Å². The molecule has 1 aliphatic heterocycles. The molecule has 0 saturated carbocycles. The highest BCUT2D eigenvalue weighted by molar-refractivity contribution is 9.10. The summed E-state index contributed by atoms with van der Waals surface area (Å²) in [5.41, 5.74) is 2.59. The molecule has 2 aromatic carbocycles. The fourth-order valence-corrected chi connectivity index (χ4v) is 4.27. The van der Waals surface area contributed by atoms with Crippen molar-refractivity contribution >= 4 is 26.8 Å². The molecule has 6 nitrogen and oxygen atoms in total. The Labute approximate surface area is 164 Å². The average Bonchev–Trinajstić information content (AvgIpc) is 3.11. The van der Waals surface area contributed by atoms with E-state index in [-0.39, 0.29) is 0 Å². The van der Waals surface area contributed by atoms with Gasteiger partial charge < -0.3 is 24.3 Å². The summed E-state index contributed by atoms with van der Waals surface area (Å²) in [5.74, 6) is 0.522. The van der Waals surface area contributed by atoms with E-state index in [1.54, 1.807) is 14.2 Å². The lowest BCUT2D eigenvalue weighted by Crippen LogP contribution is -2.35. The van der Waals surface area contributed by atoms with E-state index in [1.807, 2.05) is 36.5 Å². The van der Waals surface area contributed by atoms with Crippen LogP contribution in [0.1, 0.15) is 17.0 Å². The van der Waals surface area contributed by atoms with Gasteiger partial charge in [0.1, 0.15) is 11.7 Å². The van der Waals surface area contributed by atoms with Gasteiger partial charge in [-0.3, -0.25) is 0 Å². The Kier molecular flexibility index (Phi) is 4.46. The molecule has 7 heteroatoms. The van der Waals surface area contributed by atoms with Crippen molar-refractivity contribution < 1.29 is 19.3 Å². The van der Waals surface area contributed by atoms with E-state index in [1.165, 1.54) is 0 Å². The van der Waals surface area contributed by atoms with Crippen molar-refractivity contribution in [1.82, 2.24) is 4.98 Å². The number of nitrogens with one attached hydrogen (secondary N) is 1. The first-order valence-electron chi connectivity index (χ1n) is 8.34. The van der Waals surface area contributed by atoms with Gasteiger partial charge in [-0.1, -0.05) is 0 Å². The maximum atomic E-state index is 10.4. The summed E-state index contributed by atoms with van der Waals surface area (Å²) in [6.07, 6.45) is 0.617. The van der Waals surface area contributed by atoms with E-state index >= 15 is 0 Å². The zero-order valence-electron chi connectivity index (χ0n) is 14.7. The van der Waals surface area contributed by atoms with Crippen LogP contribution in [0.5, 0.6) is 17.2 Å². The predicted molar refractivity (Wildman–Crippen MR) is 103 cm³/mol. The smallest absolute Gasteiger partial charge is 0.214 e. The lowest BCUT2D eigenvalue weighted by atomic mass is 9.78. The molecule has 0 aliphatic carbocycles. The molecule has 1 aromatic heterocycles. The molecular formula is C20H17BrN2O4. The van der Waals surface area contributed by atoms with E-state index in [2.05, 4.69) is 27.0 Å². The molecule has 0 radical (unpaired) electrons. The second-order valence-electron chi connectivity index (χ2n) is 6.33. The van der Waals surface area contributed by atoms with Crippen LogP contribution >= 0.6 is 15.9 Å². The molecule has 0 fully saturated rings. The van der Waals surface area contributed by atoms with Crippen molar-refractivity contribution in [2.75, 3.05) is 14.2 Å². The number of aliphatic hydroxyl groups is 1. The highest BCUT2D eigenvalue weighted by atomic mass is 79.9. The number of aliphatic hydroxyl groups excluding tert-OH is 1. The SMILES string of the molecule is COc1cc(C2c3cc4[nH]ccc4cc3OC(O)C2C#N)cc(Br)c1OC. The first-order valence-corrected chi connectivity index (χ1v) is 9.13. The highest BCUT2D eigenvalue weighted by Crippen LogP contribution is 2.47. The normalized spacial score (nSPS) is 21.2. The number of nitrogens with zero attached hydrogens (tertiary/aromatic N) is 1. The Morgan fingerprint density at radius 3 is 2.74 bits per heavy atom. The van der Waals surface area contributed by atoms with Crippen LogP contribution in [0.4, 0.5) is 0 Å². The third-order valence-corrected chi connectivity index (χ3v) is 5.49. The van der Waals surface area contributed by atoms with Crippen LogP contribution in [0, 0.1) is 17.2 Å². The summed E-state index contributed by atoms with van der Waals surface area (Å²) in [5, 5.41) is 21.1. The van der Waals surface area contributed by atoms with Gasteiger partial charge in [0, 0.05) is 28.6 Å². The maximum absolute atomic E-state index is 10.4. The molecule has 2 heterocycles. The zero-order valence-corrected chi connectivity index (χ0v) is 16.3. The molecule has 0 spiro atoms. The van der Waals surface area contributed by atoms with E-state index in [9.17, 15) is 10.4 Å². The fourth-order valence-electron chi connectivity index (χ4n) is 3.65. The number of ether oxygens (including phenoxy) is 3. The first kappa shape index (κ1) is 17.7. The zero-order chi connectivity index (χ0) is 19.1. The van der Waals surface area contributed by atoms with Crippen molar-refractivity contribution in [3.8, 4) is 23.3 Å². The van der Waals surface area contributed by atoms with E-state index in [4.69, 9.17) is 14.2 Å². The molecule has 27 heavy (non-hydrogen) atoms. The number of fused-ring (bicyclic) bond motifs is 2. The molecule has 3 unspecified atom stereocenters. The number of benzene rings is 2. The summed E-state index contributed by atoms with van der Waals surface area (Å²) < 4.78 is 17.2.